The van der Waals surface area contributed by atoms with Gasteiger partial charge in [0.2, 0.25) is 0 Å². The van der Waals surface area contributed by atoms with E-state index in [-0.39, 0.29) is 72.2 Å². The highest BCUT2D eigenvalue weighted by molar-refractivity contribution is 7.91. The Bertz CT molecular complexity index is 2700. The number of carbonyl (C=O) groups is 2. The molecular formula is C47H51F2N5O7S. The number of benzene rings is 4. The quantitative estimate of drug-likeness (QED) is 0.143. The molecule has 7 rings (SSSR count). The van der Waals surface area contributed by atoms with Crippen molar-refractivity contribution < 1.29 is 41.0 Å². The number of aromatic nitrogens is 4. The van der Waals surface area contributed by atoms with E-state index in [1.54, 1.807) is 33.2 Å². The van der Waals surface area contributed by atoms with E-state index in [2.05, 4.69) is 10.3 Å². The van der Waals surface area contributed by atoms with Crippen LogP contribution in [0.1, 0.15) is 75.0 Å². The lowest BCUT2D eigenvalue weighted by Crippen LogP contribution is -2.48. The van der Waals surface area contributed by atoms with Crippen LogP contribution in [0.2, 0.25) is 0 Å². The van der Waals surface area contributed by atoms with Gasteiger partial charge in [-0.3, -0.25) is 4.79 Å². The third-order valence-electron chi connectivity index (χ3n) is 11.3. The largest absolute Gasteiger partial charge is 0.466 e. The molecule has 2 N–H and O–H groups in total. The van der Waals surface area contributed by atoms with Crippen molar-refractivity contribution in [1.82, 2.24) is 25.1 Å². The Hall–Kier alpha value is -6.09. The molecule has 1 aliphatic heterocycles. The lowest BCUT2D eigenvalue weighted by atomic mass is 9.80. The number of aromatic amines is 1. The number of nitrogens with zero attached hydrogens (tertiary/aromatic N) is 3. The predicted molar refractivity (Wildman–Crippen MR) is 231 cm³/mol. The number of aryl methyl sites for hydroxylation is 2. The minimum atomic E-state index is -3.73. The summed E-state index contributed by atoms with van der Waals surface area (Å²) in [5, 5.41) is 8.56. The first-order chi connectivity index (χ1) is 29.6. The first kappa shape index (κ1) is 44.0. The molecule has 0 saturated heterocycles. The summed E-state index contributed by atoms with van der Waals surface area (Å²) in [5.74, 6) is -2.57. The van der Waals surface area contributed by atoms with Gasteiger partial charge in [-0.1, -0.05) is 75.4 Å². The van der Waals surface area contributed by atoms with Crippen LogP contribution in [0.5, 0.6) is 11.5 Å². The molecule has 1 aliphatic rings. The van der Waals surface area contributed by atoms with E-state index in [0.717, 1.165) is 11.1 Å². The molecule has 0 aliphatic carbocycles. The maximum atomic E-state index is 16.0. The monoisotopic (exact) mass is 867 g/mol. The number of carbonyl (C=O) groups excluding carboxylic acids is 2. The van der Waals surface area contributed by atoms with E-state index in [4.69, 9.17) is 24.3 Å². The van der Waals surface area contributed by atoms with Crippen LogP contribution in [0.15, 0.2) is 91.1 Å². The highest BCUT2D eigenvalue weighted by Gasteiger charge is 2.42. The van der Waals surface area contributed by atoms with Crippen LogP contribution in [0.25, 0.3) is 22.3 Å². The van der Waals surface area contributed by atoms with Gasteiger partial charge in [-0.15, -0.1) is 0 Å². The van der Waals surface area contributed by atoms with Gasteiger partial charge >= 0.3 is 12.1 Å². The van der Waals surface area contributed by atoms with Crippen LogP contribution >= 0.6 is 0 Å². The Balaban J connectivity index is 1.39. The van der Waals surface area contributed by atoms with Crippen molar-refractivity contribution >= 4 is 32.8 Å². The maximum Gasteiger partial charge on any atom is 0.408 e. The number of hydrogen-bond donors (Lipinski definition) is 2. The second-order valence-electron chi connectivity index (χ2n) is 16.7. The van der Waals surface area contributed by atoms with Crippen LogP contribution in [0, 0.1) is 23.0 Å². The number of esters is 1. The average molecular weight is 868 g/mol. The molecule has 0 radical (unpaired) electrons. The summed E-state index contributed by atoms with van der Waals surface area (Å²) >= 11 is 0. The lowest BCUT2D eigenvalue weighted by Gasteiger charge is -2.34. The molecule has 0 spiro atoms. The fourth-order valence-corrected chi connectivity index (χ4v) is 10.3. The van der Waals surface area contributed by atoms with Gasteiger partial charge in [0.25, 0.3) is 0 Å². The van der Waals surface area contributed by atoms with Gasteiger partial charge in [-0.25, -0.2) is 31.7 Å². The maximum absolute atomic E-state index is 16.0. The van der Waals surface area contributed by atoms with Crippen molar-refractivity contribution in [2.45, 2.75) is 71.9 Å². The molecule has 2 atom stereocenters. The summed E-state index contributed by atoms with van der Waals surface area (Å²) in [6.45, 7) is 7.47. The van der Waals surface area contributed by atoms with Gasteiger partial charge in [0.15, 0.2) is 33.1 Å². The zero-order chi connectivity index (χ0) is 44.2. The Morgan fingerprint density at radius 3 is 2.52 bits per heavy atom. The number of rotatable bonds is 8. The molecule has 4 aromatic carbocycles. The summed E-state index contributed by atoms with van der Waals surface area (Å²) in [4.78, 5) is 34.7. The highest BCUT2D eigenvalue weighted by Crippen LogP contribution is 2.40. The SMILES string of the molecule is CCOC(=O)C(C)Cc1cccc(C2(NC(=O)OCc3ccccc3)CCCC(C)(C)CS(=O)(=O)CCc3c(c(F)cc4[nH]ccc34)Oc3ccc(F)c(c3)-c3nc2nn3C)c1. The minimum Gasteiger partial charge on any atom is -0.466 e. The van der Waals surface area contributed by atoms with Crippen LogP contribution in [-0.4, -0.2) is 58.3 Å². The smallest absolute Gasteiger partial charge is 0.408 e. The number of alkyl carbamates (subject to hydrolysis) is 1. The molecule has 62 heavy (non-hydrogen) atoms. The molecule has 12 nitrogen and oxygen atoms in total. The molecule has 2 unspecified atom stereocenters. The number of fused-ring (bicyclic) bond motifs is 8. The van der Waals surface area contributed by atoms with E-state index >= 15 is 8.78 Å². The van der Waals surface area contributed by atoms with E-state index in [9.17, 15) is 18.0 Å². The molecule has 6 aromatic rings. The summed E-state index contributed by atoms with van der Waals surface area (Å²) in [6.07, 6.45) is 2.08. The van der Waals surface area contributed by atoms with E-state index in [1.165, 1.54) is 28.9 Å². The topological polar surface area (TPSA) is 154 Å². The van der Waals surface area contributed by atoms with Crippen LogP contribution in [0.4, 0.5) is 13.6 Å². The van der Waals surface area contributed by atoms with Gasteiger partial charge in [0.05, 0.1) is 29.6 Å². The number of halogens is 2. The van der Waals surface area contributed by atoms with Gasteiger partial charge < -0.3 is 24.5 Å². The molecule has 0 fully saturated rings. The third-order valence-corrected chi connectivity index (χ3v) is 13.3. The van der Waals surface area contributed by atoms with Crippen molar-refractivity contribution in [1.29, 1.82) is 0 Å². The van der Waals surface area contributed by atoms with Crippen molar-refractivity contribution in [2.75, 3.05) is 18.1 Å². The fourth-order valence-electron chi connectivity index (χ4n) is 8.26. The molecule has 1 amide bonds. The first-order valence-corrected chi connectivity index (χ1v) is 22.5. The van der Waals surface area contributed by atoms with Crippen molar-refractivity contribution in [3.63, 3.8) is 0 Å². The molecule has 2 aromatic heterocycles. The van der Waals surface area contributed by atoms with Crippen LogP contribution < -0.4 is 10.1 Å². The summed E-state index contributed by atoms with van der Waals surface area (Å²) in [5.41, 5.74) is 0.632. The number of sulfone groups is 1. The molecular weight excluding hydrogens is 817 g/mol. The van der Waals surface area contributed by atoms with Crippen molar-refractivity contribution in [3.8, 4) is 22.9 Å². The standard InChI is InChI=1S/C47H51F2N5O7S/c1-6-59-43(55)30(2)24-32-14-10-15-33(25-32)47(52-45(56)60-28-31-12-8-7-9-13-31)21-11-20-46(3,4)29-62(57,58)23-19-36-35-18-22-50-40(35)27-39(49)41(36)61-34-16-17-38(48)37(26-34)42-51-44(47)53-54(42)5/h7-10,12-18,22,25-27,30,50H,6,11,19-21,23-24,28-29H2,1-5H3,(H,52,56). The fraction of sp³-hybridized carbons (Fsp3) is 0.362. The highest BCUT2D eigenvalue weighted by atomic mass is 32.2. The second kappa shape index (κ2) is 18.1. The molecule has 3 heterocycles. The van der Waals surface area contributed by atoms with E-state index in [0.29, 0.717) is 41.3 Å². The van der Waals surface area contributed by atoms with Crippen molar-refractivity contribution in [2.24, 2.45) is 18.4 Å². The van der Waals surface area contributed by atoms with Crippen molar-refractivity contribution in [3.05, 3.63) is 131 Å². The summed E-state index contributed by atoms with van der Waals surface area (Å²) in [6, 6.07) is 23.5. The number of amides is 1. The average Bonchev–Trinajstić information content (AvgIpc) is 3.86. The Morgan fingerprint density at radius 1 is 0.968 bits per heavy atom. The van der Waals surface area contributed by atoms with Gasteiger partial charge in [0.1, 0.15) is 23.7 Å². The van der Waals surface area contributed by atoms with Crippen LogP contribution in [-0.2, 0) is 56.1 Å². The minimum absolute atomic E-state index is 0.0178. The Kier molecular flexibility index (Phi) is 12.8. The van der Waals surface area contributed by atoms with E-state index < -0.39 is 44.4 Å². The van der Waals surface area contributed by atoms with Gasteiger partial charge in [-0.05, 0) is 85.4 Å². The molecule has 0 saturated carbocycles. The number of nitrogens with one attached hydrogen (secondary N) is 2. The number of H-pyrrole nitrogens is 1. The Labute approximate surface area is 359 Å². The summed E-state index contributed by atoms with van der Waals surface area (Å²) in [7, 11) is -2.13. The molecule has 4 bridgehead atoms. The third kappa shape index (κ3) is 9.83. The number of ether oxygens (including phenoxy) is 3. The second-order valence-corrected chi connectivity index (χ2v) is 18.9. The lowest BCUT2D eigenvalue weighted by molar-refractivity contribution is -0.147. The first-order valence-electron chi connectivity index (χ1n) is 20.7. The normalized spacial score (nSPS) is 18.0. The molecule has 326 valence electrons. The van der Waals surface area contributed by atoms with Crippen LogP contribution in [0.3, 0.4) is 0 Å². The predicted octanol–water partition coefficient (Wildman–Crippen LogP) is 9.11. The Morgan fingerprint density at radius 2 is 1.74 bits per heavy atom. The number of hydrogen-bond acceptors (Lipinski definition) is 9. The van der Waals surface area contributed by atoms with Gasteiger partial charge in [-0.2, -0.15) is 5.10 Å². The van der Waals surface area contributed by atoms with E-state index in [1.807, 2.05) is 68.4 Å². The van der Waals surface area contributed by atoms with Gasteiger partial charge in [0, 0.05) is 35.8 Å². The molecule has 15 heteroatoms. The zero-order valence-corrected chi connectivity index (χ0v) is 36.3. The summed E-state index contributed by atoms with van der Waals surface area (Å²) < 4.78 is 78.5. The zero-order valence-electron chi connectivity index (χ0n) is 35.5.